The van der Waals surface area contributed by atoms with Crippen LogP contribution in [0.4, 0.5) is 0 Å². The Morgan fingerprint density at radius 2 is 0.600 bits per heavy atom. The van der Waals surface area contributed by atoms with Crippen molar-refractivity contribution in [3.8, 4) is 0 Å². The minimum absolute atomic E-state index is 0.0632. The molecule has 55 heavy (non-hydrogen) atoms. The molecular formula is C49H94O6. The molecule has 1 atom stereocenters. The third kappa shape index (κ3) is 43.4. The molecule has 0 bridgehead atoms. The number of ether oxygens (including phenoxy) is 3. The van der Waals surface area contributed by atoms with E-state index in [1.165, 1.54) is 167 Å². The molecule has 0 heterocycles. The van der Waals surface area contributed by atoms with E-state index in [1.807, 2.05) is 0 Å². The largest absolute Gasteiger partial charge is 0.462 e. The summed E-state index contributed by atoms with van der Waals surface area (Å²) in [6.45, 7) is 9.00. The number of unbranched alkanes of at least 4 members (excludes halogenated alkanes) is 31. The highest BCUT2D eigenvalue weighted by atomic mass is 16.6. The van der Waals surface area contributed by atoms with Gasteiger partial charge in [0.15, 0.2) is 6.10 Å². The molecule has 0 unspecified atom stereocenters. The highest BCUT2D eigenvalue weighted by Crippen LogP contribution is 2.17. The fourth-order valence-electron chi connectivity index (χ4n) is 7.33. The summed E-state index contributed by atoms with van der Waals surface area (Å²) < 4.78 is 16.7. The first kappa shape index (κ1) is 53.4. The van der Waals surface area contributed by atoms with Crippen LogP contribution in [0.1, 0.15) is 272 Å². The summed E-state index contributed by atoms with van der Waals surface area (Å²) in [5.74, 6) is -0.00671. The Kier molecular flexibility index (Phi) is 42.3. The first-order valence-electron chi connectivity index (χ1n) is 24.4. The van der Waals surface area contributed by atoms with Crippen molar-refractivity contribution in [1.29, 1.82) is 0 Å². The second kappa shape index (κ2) is 43.5. The highest BCUT2D eigenvalue weighted by molar-refractivity contribution is 5.71. The molecule has 0 fully saturated rings. The summed E-state index contributed by atoms with van der Waals surface area (Å²) >= 11 is 0. The zero-order valence-corrected chi connectivity index (χ0v) is 37.4. The topological polar surface area (TPSA) is 78.9 Å². The van der Waals surface area contributed by atoms with Crippen molar-refractivity contribution >= 4 is 17.9 Å². The fourth-order valence-corrected chi connectivity index (χ4v) is 7.33. The summed E-state index contributed by atoms with van der Waals surface area (Å²) in [6, 6.07) is 0. The van der Waals surface area contributed by atoms with E-state index in [0.717, 1.165) is 63.7 Å². The number of carbonyl (C=O) groups excluding carboxylic acids is 3. The van der Waals surface area contributed by atoms with Gasteiger partial charge in [-0.2, -0.15) is 0 Å². The molecule has 0 radical (unpaired) electrons. The van der Waals surface area contributed by atoms with E-state index < -0.39 is 6.10 Å². The summed E-state index contributed by atoms with van der Waals surface area (Å²) in [6.07, 6.45) is 43.7. The third-order valence-corrected chi connectivity index (χ3v) is 11.0. The normalized spacial score (nSPS) is 11.9. The van der Waals surface area contributed by atoms with Crippen molar-refractivity contribution in [3.05, 3.63) is 0 Å². The minimum Gasteiger partial charge on any atom is -0.462 e. The average Bonchev–Trinajstić information content (AvgIpc) is 3.17. The van der Waals surface area contributed by atoms with Crippen LogP contribution in [0.25, 0.3) is 0 Å². The smallest absolute Gasteiger partial charge is 0.306 e. The highest BCUT2D eigenvalue weighted by Gasteiger charge is 2.19. The van der Waals surface area contributed by atoms with E-state index in [0.29, 0.717) is 19.3 Å². The summed E-state index contributed by atoms with van der Waals surface area (Å²) in [5.41, 5.74) is 0. The number of hydrogen-bond donors (Lipinski definition) is 0. The molecule has 6 heteroatoms. The Bertz CT molecular complexity index is 826. The van der Waals surface area contributed by atoms with Gasteiger partial charge in [-0.1, -0.05) is 233 Å². The molecule has 0 saturated heterocycles. The van der Waals surface area contributed by atoms with Gasteiger partial charge in [0.2, 0.25) is 0 Å². The maximum absolute atomic E-state index is 12.7. The van der Waals surface area contributed by atoms with Gasteiger partial charge in [0, 0.05) is 19.3 Å². The van der Waals surface area contributed by atoms with E-state index in [-0.39, 0.29) is 31.1 Å². The lowest BCUT2D eigenvalue weighted by atomic mass is 10.0. The molecule has 0 aliphatic carbocycles. The van der Waals surface area contributed by atoms with Crippen LogP contribution in [0.5, 0.6) is 0 Å². The number of carbonyl (C=O) groups is 3. The Morgan fingerprint density at radius 1 is 0.345 bits per heavy atom. The molecule has 326 valence electrons. The van der Waals surface area contributed by atoms with Gasteiger partial charge in [0.05, 0.1) is 0 Å². The second-order valence-electron chi connectivity index (χ2n) is 17.2. The van der Waals surface area contributed by atoms with Gasteiger partial charge in [-0.25, -0.2) is 0 Å². The summed E-state index contributed by atoms with van der Waals surface area (Å²) in [5, 5.41) is 0. The maximum Gasteiger partial charge on any atom is 0.306 e. The number of rotatable bonds is 44. The first-order valence-corrected chi connectivity index (χ1v) is 24.4. The molecule has 0 N–H and O–H groups in total. The monoisotopic (exact) mass is 779 g/mol. The van der Waals surface area contributed by atoms with Crippen LogP contribution in [-0.2, 0) is 28.6 Å². The molecule has 0 spiro atoms. The standard InChI is InChI=1S/C49H94O6/c1-5-7-9-11-13-15-24-28-32-36-40-47(50)53-43-46(55-49(52)42-38-34-30-25-16-14-12-10-8-6-2)44-54-48(51)41-37-33-29-26-22-20-18-17-19-21-23-27-31-35-39-45(3)4/h45-46H,5-44H2,1-4H3/t46-/m1/s1. The molecule has 0 amide bonds. The summed E-state index contributed by atoms with van der Waals surface area (Å²) in [4.78, 5) is 37.7. The van der Waals surface area contributed by atoms with Gasteiger partial charge in [-0.15, -0.1) is 0 Å². The molecule has 0 aromatic rings. The van der Waals surface area contributed by atoms with Gasteiger partial charge in [-0.05, 0) is 25.2 Å². The van der Waals surface area contributed by atoms with Crippen LogP contribution in [-0.4, -0.2) is 37.2 Å². The van der Waals surface area contributed by atoms with Crippen LogP contribution >= 0.6 is 0 Å². The van der Waals surface area contributed by atoms with Crippen molar-refractivity contribution in [2.24, 2.45) is 5.92 Å². The van der Waals surface area contributed by atoms with Crippen LogP contribution in [0, 0.1) is 5.92 Å². The lowest BCUT2D eigenvalue weighted by molar-refractivity contribution is -0.167. The minimum atomic E-state index is -0.758. The molecule has 0 aromatic carbocycles. The Hall–Kier alpha value is -1.59. The van der Waals surface area contributed by atoms with Gasteiger partial charge >= 0.3 is 17.9 Å². The van der Waals surface area contributed by atoms with Crippen LogP contribution < -0.4 is 0 Å². The van der Waals surface area contributed by atoms with Crippen molar-refractivity contribution < 1.29 is 28.6 Å². The van der Waals surface area contributed by atoms with Crippen molar-refractivity contribution in [1.82, 2.24) is 0 Å². The van der Waals surface area contributed by atoms with Gasteiger partial charge in [0.25, 0.3) is 0 Å². The van der Waals surface area contributed by atoms with Crippen molar-refractivity contribution in [2.75, 3.05) is 13.2 Å². The van der Waals surface area contributed by atoms with Gasteiger partial charge < -0.3 is 14.2 Å². The molecule has 0 rings (SSSR count). The Morgan fingerprint density at radius 3 is 0.891 bits per heavy atom. The molecule has 6 nitrogen and oxygen atoms in total. The van der Waals surface area contributed by atoms with Gasteiger partial charge in [0.1, 0.15) is 13.2 Å². The first-order chi connectivity index (χ1) is 26.9. The predicted octanol–water partition coefficient (Wildman–Crippen LogP) is 15.5. The fraction of sp³-hybridized carbons (Fsp3) is 0.939. The van der Waals surface area contributed by atoms with Crippen LogP contribution in [0.15, 0.2) is 0 Å². The van der Waals surface area contributed by atoms with Crippen molar-refractivity contribution in [3.63, 3.8) is 0 Å². The Balaban J connectivity index is 4.24. The average molecular weight is 779 g/mol. The second-order valence-corrected chi connectivity index (χ2v) is 17.2. The van der Waals surface area contributed by atoms with E-state index in [4.69, 9.17) is 14.2 Å². The maximum atomic E-state index is 12.7. The lowest BCUT2D eigenvalue weighted by Crippen LogP contribution is -2.30. The zero-order valence-electron chi connectivity index (χ0n) is 37.4. The van der Waals surface area contributed by atoms with Gasteiger partial charge in [-0.3, -0.25) is 14.4 Å². The molecular weight excluding hydrogens is 685 g/mol. The van der Waals surface area contributed by atoms with Crippen molar-refractivity contribution in [2.45, 2.75) is 278 Å². The zero-order chi connectivity index (χ0) is 40.3. The molecule has 0 aromatic heterocycles. The molecule has 0 aliphatic rings. The molecule has 0 aliphatic heterocycles. The van der Waals surface area contributed by atoms with E-state index in [9.17, 15) is 14.4 Å². The molecule has 0 saturated carbocycles. The van der Waals surface area contributed by atoms with E-state index in [2.05, 4.69) is 27.7 Å². The van der Waals surface area contributed by atoms with E-state index in [1.54, 1.807) is 0 Å². The lowest BCUT2D eigenvalue weighted by Gasteiger charge is -2.18. The van der Waals surface area contributed by atoms with Crippen LogP contribution in [0.2, 0.25) is 0 Å². The van der Waals surface area contributed by atoms with E-state index >= 15 is 0 Å². The Labute approximate surface area is 342 Å². The number of esters is 3. The summed E-state index contributed by atoms with van der Waals surface area (Å²) in [7, 11) is 0. The number of hydrogen-bond acceptors (Lipinski definition) is 6. The third-order valence-electron chi connectivity index (χ3n) is 11.0. The predicted molar refractivity (Wildman–Crippen MR) is 233 cm³/mol. The SMILES string of the molecule is CCCCCCCCCCCCC(=O)OC[C@H](COC(=O)CCCCCCCCCCCCCCCCC(C)C)OC(=O)CCCCCCCCCCCC. The quantitative estimate of drug-likeness (QED) is 0.0348. The van der Waals surface area contributed by atoms with Crippen LogP contribution in [0.3, 0.4) is 0 Å².